The predicted molar refractivity (Wildman–Crippen MR) is 169 cm³/mol. The van der Waals surface area contributed by atoms with Crippen molar-refractivity contribution in [2.24, 2.45) is 11.3 Å². The number of hydrogen-bond acceptors (Lipinski definition) is 5. The van der Waals surface area contributed by atoms with Gasteiger partial charge in [-0.1, -0.05) is 76.4 Å². The molecule has 0 amide bonds. The maximum Gasteiger partial charge on any atom is 0.306 e. The number of likely N-dealkylation sites (tertiary alicyclic amines) is 1. The van der Waals surface area contributed by atoms with E-state index in [2.05, 4.69) is 35.9 Å². The Morgan fingerprint density at radius 1 is 1.07 bits per heavy atom. The summed E-state index contributed by atoms with van der Waals surface area (Å²) in [5.41, 5.74) is 5.31. The number of aromatic nitrogens is 1. The summed E-state index contributed by atoms with van der Waals surface area (Å²) >= 11 is 0. The molecule has 1 atom stereocenters. The Morgan fingerprint density at radius 2 is 1.79 bits per heavy atom. The fraction of sp³-hybridized carbons (Fsp3) is 0.500. The molecule has 2 aromatic carbocycles. The van der Waals surface area contributed by atoms with E-state index in [-0.39, 0.29) is 11.7 Å². The van der Waals surface area contributed by atoms with Crippen LogP contribution < -0.4 is 9.47 Å². The van der Waals surface area contributed by atoms with E-state index in [0.29, 0.717) is 23.3 Å². The molecule has 3 aromatic rings. The van der Waals surface area contributed by atoms with Crippen molar-refractivity contribution in [2.45, 2.75) is 78.7 Å². The first-order valence-electron chi connectivity index (χ1n) is 15.6. The number of rotatable bonds is 7. The maximum atomic E-state index is 14.3. The highest BCUT2D eigenvalue weighted by atomic mass is 19.1. The molecule has 1 aliphatic carbocycles. The fourth-order valence-corrected chi connectivity index (χ4v) is 5.17. The molecule has 1 unspecified atom stereocenters. The Labute approximate surface area is 256 Å². The van der Waals surface area contributed by atoms with Crippen molar-refractivity contribution < 1.29 is 23.8 Å². The van der Waals surface area contributed by atoms with Crippen LogP contribution >= 0.6 is 0 Å². The summed E-state index contributed by atoms with van der Waals surface area (Å²) in [5, 5.41) is 8.85. The third-order valence-electron chi connectivity index (χ3n) is 8.25. The van der Waals surface area contributed by atoms with Gasteiger partial charge in [-0.05, 0) is 78.9 Å². The van der Waals surface area contributed by atoms with Gasteiger partial charge in [-0.2, -0.15) is 0 Å². The van der Waals surface area contributed by atoms with E-state index in [1.165, 1.54) is 43.9 Å². The molecule has 43 heavy (non-hydrogen) atoms. The molecule has 0 bridgehead atoms. The van der Waals surface area contributed by atoms with Gasteiger partial charge in [0.05, 0.1) is 25.8 Å². The van der Waals surface area contributed by atoms with E-state index in [1.807, 2.05) is 30.3 Å². The summed E-state index contributed by atoms with van der Waals surface area (Å²) in [4.78, 5) is 17.2. The molecule has 6 nitrogen and oxygen atoms in total. The molecule has 6 rings (SSSR count). The van der Waals surface area contributed by atoms with Crippen LogP contribution in [0.1, 0.15) is 76.0 Å². The van der Waals surface area contributed by atoms with Gasteiger partial charge in [0, 0.05) is 18.2 Å². The number of aliphatic carboxylic acids is 1. The normalized spacial score (nSPS) is 17.5. The van der Waals surface area contributed by atoms with Crippen LogP contribution in [0.25, 0.3) is 11.1 Å². The molecule has 0 spiro atoms. The van der Waals surface area contributed by atoms with Gasteiger partial charge in [0.1, 0.15) is 11.6 Å². The lowest BCUT2D eigenvalue weighted by atomic mass is 9.82. The van der Waals surface area contributed by atoms with E-state index in [0.717, 1.165) is 61.5 Å². The molecular formula is C36H47FN2O4. The number of aryl methyl sites for hydroxylation is 1. The number of nitrogens with zero attached hydrogens (tertiary/aromatic N) is 2. The van der Waals surface area contributed by atoms with Crippen molar-refractivity contribution in [3.8, 4) is 22.8 Å². The minimum absolute atomic E-state index is 0.317. The molecule has 7 heteroatoms. The number of piperidine rings is 1. The van der Waals surface area contributed by atoms with Gasteiger partial charge in [-0.15, -0.1) is 0 Å². The number of hydrogen-bond donors (Lipinski definition) is 1. The van der Waals surface area contributed by atoms with Crippen LogP contribution in [0.3, 0.4) is 0 Å². The fourth-order valence-electron chi connectivity index (χ4n) is 5.17. The average molecular weight is 591 g/mol. The van der Waals surface area contributed by atoms with Crippen LogP contribution in [-0.4, -0.2) is 47.8 Å². The molecule has 1 saturated carbocycles. The van der Waals surface area contributed by atoms with Crippen LogP contribution in [0, 0.1) is 17.2 Å². The van der Waals surface area contributed by atoms with Crippen LogP contribution in [0.4, 0.5) is 4.39 Å². The number of carbonyl (C=O) groups is 1. The number of ether oxygens (including phenoxy) is 2. The summed E-state index contributed by atoms with van der Waals surface area (Å²) in [6.07, 6.45) is 10.8. The Balaban J connectivity index is 0.000000191. The summed E-state index contributed by atoms with van der Waals surface area (Å²) in [6.45, 7) is 10.2. The number of carboxylic acid groups (broad SMARTS) is 1. The predicted octanol–water partition coefficient (Wildman–Crippen LogP) is 7.96. The minimum Gasteiger partial charge on any atom is -0.493 e. The van der Waals surface area contributed by atoms with E-state index in [1.54, 1.807) is 20.1 Å². The monoisotopic (exact) mass is 590 g/mol. The molecule has 232 valence electrons. The third-order valence-corrected chi connectivity index (χ3v) is 8.25. The van der Waals surface area contributed by atoms with Gasteiger partial charge >= 0.3 is 5.97 Å². The summed E-state index contributed by atoms with van der Waals surface area (Å²) in [7, 11) is 1.55. The van der Waals surface area contributed by atoms with Crippen molar-refractivity contribution in [3.63, 3.8) is 0 Å². The molecule has 2 fully saturated rings. The largest absolute Gasteiger partial charge is 0.493 e. The summed E-state index contributed by atoms with van der Waals surface area (Å²) in [5.74, 6) is -0.0504. The second kappa shape index (κ2) is 15.3. The average Bonchev–Trinajstić information content (AvgIpc) is 3.89. The first-order valence-corrected chi connectivity index (χ1v) is 15.6. The second-order valence-electron chi connectivity index (χ2n) is 12.7. The minimum atomic E-state index is -0.751. The number of carboxylic acids is 1. The van der Waals surface area contributed by atoms with Crippen LogP contribution in [0.5, 0.6) is 11.6 Å². The second-order valence-corrected chi connectivity index (χ2v) is 12.7. The van der Waals surface area contributed by atoms with Gasteiger partial charge < -0.3 is 14.6 Å². The molecule has 1 saturated heterocycles. The topological polar surface area (TPSA) is 71.9 Å². The zero-order valence-electron chi connectivity index (χ0n) is 26.2. The first kappa shape index (κ1) is 32.5. The van der Waals surface area contributed by atoms with Crippen LogP contribution in [-0.2, 0) is 24.2 Å². The zero-order valence-corrected chi connectivity index (χ0v) is 26.2. The highest BCUT2D eigenvalue weighted by molar-refractivity contribution is 5.70. The number of halogens is 1. The first-order chi connectivity index (χ1) is 20.6. The van der Waals surface area contributed by atoms with Gasteiger partial charge in [0.25, 0.3) is 0 Å². The quantitative estimate of drug-likeness (QED) is 0.301. The lowest BCUT2D eigenvalue weighted by Crippen LogP contribution is -2.36. The zero-order chi connectivity index (χ0) is 30.8. The van der Waals surface area contributed by atoms with Crippen LogP contribution in [0.2, 0.25) is 0 Å². The Hall–Kier alpha value is -3.45. The van der Waals surface area contributed by atoms with Gasteiger partial charge in [-0.25, -0.2) is 9.37 Å². The highest BCUT2D eigenvalue weighted by Gasteiger charge is 2.26. The molecule has 1 aromatic heterocycles. The van der Waals surface area contributed by atoms with Gasteiger partial charge in [0.2, 0.25) is 5.88 Å². The SMILES string of the molecule is C1CC1.CC(Cc1ccc2c(c1)OCCC2)C(=O)O.COc1cc(-c2ccccc2CN2CCC(C)(C)CC2)c(F)cn1. The summed E-state index contributed by atoms with van der Waals surface area (Å²) in [6, 6.07) is 15.7. The van der Waals surface area contributed by atoms with Crippen molar-refractivity contribution in [1.82, 2.24) is 9.88 Å². The standard InChI is InChI=1S/C20H25FN2O.C13H16O3.C3H6/c1-20(2)8-10-23(11-9-20)14-15-6-4-5-7-16(15)17-12-19(24-3)22-13-18(17)21;1-9(13(14)15)7-10-4-5-11-3-2-6-16-12(11)8-10;1-2-3-1/h4-7,12-13H,8-11,14H2,1-3H3;4-5,8-9H,2-3,6-7H2,1H3,(H,14,15);1-3H2. The van der Waals surface area contributed by atoms with Crippen molar-refractivity contribution >= 4 is 5.97 Å². The maximum absolute atomic E-state index is 14.3. The van der Waals surface area contributed by atoms with Crippen molar-refractivity contribution in [1.29, 1.82) is 0 Å². The van der Waals surface area contributed by atoms with Crippen molar-refractivity contribution in [3.05, 3.63) is 77.2 Å². The lowest BCUT2D eigenvalue weighted by Gasteiger charge is -2.37. The number of benzene rings is 2. The van der Waals surface area contributed by atoms with Crippen molar-refractivity contribution in [2.75, 3.05) is 26.8 Å². The number of pyridine rings is 1. The van der Waals surface area contributed by atoms with Gasteiger partial charge in [0.15, 0.2) is 0 Å². The van der Waals surface area contributed by atoms with E-state index in [9.17, 15) is 9.18 Å². The molecule has 2 aliphatic heterocycles. The molecular weight excluding hydrogens is 543 g/mol. The molecule has 3 aliphatic rings. The number of methoxy groups -OCH3 is 1. The van der Waals surface area contributed by atoms with E-state index >= 15 is 0 Å². The highest BCUT2D eigenvalue weighted by Crippen LogP contribution is 2.33. The Kier molecular flexibility index (Phi) is 11.6. The lowest BCUT2D eigenvalue weighted by molar-refractivity contribution is -0.141. The Morgan fingerprint density at radius 3 is 2.47 bits per heavy atom. The molecule has 3 heterocycles. The molecule has 0 radical (unpaired) electrons. The van der Waals surface area contributed by atoms with Gasteiger partial charge in [-0.3, -0.25) is 9.69 Å². The van der Waals surface area contributed by atoms with E-state index in [4.69, 9.17) is 14.6 Å². The Bertz CT molecular complexity index is 1340. The smallest absolute Gasteiger partial charge is 0.306 e. The van der Waals surface area contributed by atoms with E-state index < -0.39 is 5.97 Å². The third kappa shape index (κ3) is 10.1. The summed E-state index contributed by atoms with van der Waals surface area (Å²) < 4.78 is 25.0. The van der Waals surface area contributed by atoms with Crippen LogP contribution in [0.15, 0.2) is 54.7 Å². The molecule has 1 N–H and O–H groups in total. The number of fused-ring (bicyclic) bond motifs is 1.